The molecular weight excluding hydrogens is 454 g/mol. The first kappa shape index (κ1) is 26.2. The van der Waals surface area contributed by atoms with Crippen LogP contribution in [-0.2, 0) is 26.5 Å². The lowest BCUT2D eigenvalue weighted by Crippen LogP contribution is -2.32. The van der Waals surface area contributed by atoms with E-state index in [2.05, 4.69) is 0 Å². The van der Waals surface area contributed by atoms with Crippen LogP contribution < -0.4 is 0 Å². The Bertz CT molecular complexity index is 1000. The number of hydrogen-bond acceptors (Lipinski definition) is 4. The average Bonchev–Trinajstić information content (AvgIpc) is 2.84. The molecule has 1 aliphatic rings. The van der Waals surface area contributed by atoms with Crippen LogP contribution in [0.3, 0.4) is 0 Å². The summed E-state index contributed by atoms with van der Waals surface area (Å²) in [5, 5.41) is 8.76. The summed E-state index contributed by atoms with van der Waals surface area (Å²) in [5.74, 6) is -2.54. The molecule has 11 heteroatoms. The second-order valence-electron chi connectivity index (χ2n) is 8.34. The van der Waals surface area contributed by atoms with Crippen molar-refractivity contribution in [1.82, 2.24) is 0 Å². The Kier molecular flexibility index (Phi) is 8.09. The SMILES string of the molecule is CC1=[N+](CCCCS(=O)(=O)[O-])c2cc(F)cc(C(F)(F)F)c2C1(C)CCCCCC(=O)O. The van der Waals surface area contributed by atoms with Crippen molar-refractivity contribution in [3.8, 4) is 0 Å². The zero-order valence-corrected chi connectivity index (χ0v) is 18.8. The van der Waals surface area contributed by atoms with E-state index in [9.17, 15) is 35.3 Å². The molecule has 1 N–H and O–H groups in total. The molecular formula is C21H27F4NO5S. The smallest absolute Gasteiger partial charge is 0.417 e. The van der Waals surface area contributed by atoms with Gasteiger partial charge in [0.15, 0.2) is 5.71 Å². The second kappa shape index (κ2) is 9.86. The van der Waals surface area contributed by atoms with Gasteiger partial charge >= 0.3 is 12.1 Å². The van der Waals surface area contributed by atoms with Crippen LogP contribution in [0.4, 0.5) is 23.2 Å². The van der Waals surface area contributed by atoms with Crippen LogP contribution in [0.15, 0.2) is 12.1 Å². The molecule has 0 bridgehead atoms. The summed E-state index contributed by atoms with van der Waals surface area (Å²) in [4.78, 5) is 10.7. The van der Waals surface area contributed by atoms with Crippen molar-refractivity contribution in [2.45, 2.75) is 70.4 Å². The molecule has 6 nitrogen and oxygen atoms in total. The Labute approximate surface area is 184 Å². The van der Waals surface area contributed by atoms with Gasteiger partial charge in [0.1, 0.15) is 12.4 Å². The normalized spacial score (nSPS) is 18.8. The van der Waals surface area contributed by atoms with E-state index in [0.717, 1.165) is 6.07 Å². The van der Waals surface area contributed by atoms with Crippen molar-refractivity contribution in [2.24, 2.45) is 0 Å². The lowest BCUT2D eigenvalue weighted by Gasteiger charge is -2.25. The van der Waals surface area contributed by atoms with Crippen molar-refractivity contribution < 1.29 is 45.0 Å². The lowest BCUT2D eigenvalue weighted by molar-refractivity contribution is -0.439. The Morgan fingerprint density at radius 3 is 2.38 bits per heavy atom. The fourth-order valence-corrected chi connectivity index (χ4v) is 4.90. The van der Waals surface area contributed by atoms with E-state index in [-0.39, 0.29) is 37.1 Å². The zero-order valence-electron chi connectivity index (χ0n) is 18.0. The molecule has 1 aromatic rings. The third kappa shape index (κ3) is 6.28. The summed E-state index contributed by atoms with van der Waals surface area (Å²) in [6.45, 7) is 3.47. The molecule has 0 aliphatic carbocycles. The molecule has 1 aliphatic heterocycles. The largest absolute Gasteiger partial charge is 0.748 e. The summed E-state index contributed by atoms with van der Waals surface area (Å²) in [6, 6.07) is 1.54. The molecule has 0 radical (unpaired) electrons. The highest BCUT2D eigenvalue weighted by molar-refractivity contribution is 7.85. The van der Waals surface area contributed by atoms with Crippen molar-refractivity contribution in [1.29, 1.82) is 0 Å². The van der Waals surface area contributed by atoms with Crippen LogP contribution in [0.2, 0.25) is 0 Å². The van der Waals surface area contributed by atoms with Crippen LogP contribution in [0.1, 0.15) is 69.9 Å². The van der Waals surface area contributed by atoms with Gasteiger partial charge in [0.2, 0.25) is 5.69 Å². The number of halogens is 4. The molecule has 180 valence electrons. The zero-order chi connectivity index (χ0) is 24.3. The summed E-state index contributed by atoms with van der Waals surface area (Å²) in [7, 11) is -4.40. The topological polar surface area (TPSA) is 97.5 Å². The van der Waals surface area contributed by atoms with E-state index >= 15 is 0 Å². The molecule has 1 aromatic carbocycles. The van der Waals surface area contributed by atoms with E-state index < -0.39 is 44.8 Å². The van der Waals surface area contributed by atoms with Crippen molar-refractivity contribution in [3.05, 3.63) is 29.1 Å². The highest BCUT2D eigenvalue weighted by Gasteiger charge is 2.52. The molecule has 1 atom stereocenters. The molecule has 1 heterocycles. The van der Waals surface area contributed by atoms with Gasteiger partial charge in [0.25, 0.3) is 0 Å². The monoisotopic (exact) mass is 481 g/mol. The maximum Gasteiger partial charge on any atom is 0.417 e. The van der Waals surface area contributed by atoms with Gasteiger partial charge in [0, 0.05) is 31.6 Å². The van der Waals surface area contributed by atoms with Crippen molar-refractivity contribution >= 4 is 27.5 Å². The molecule has 0 saturated carbocycles. The summed E-state index contributed by atoms with van der Waals surface area (Å²) in [5.41, 5.74) is -1.47. The summed E-state index contributed by atoms with van der Waals surface area (Å²) < 4.78 is 89.7. The summed E-state index contributed by atoms with van der Waals surface area (Å²) >= 11 is 0. The van der Waals surface area contributed by atoms with Crippen LogP contribution in [-0.4, -0.2) is 46.6 Å². The minimum atomic E-state index is -4.77. The number of carboxylic acids is 1. The first-order chi connectivity index (χ1) is 14.7. The molecule has 0 spiro atoms. The minimum Gasteiger partial charge on any atom is -0.748 e. The predicted molar refractivity (Wildman–Crippen MR) is 109 cm³/mol. The van der Waals surface area contributed by atoms with Gasteiger partial charge < -0.3 is 9.66 Å². The van der Waals surface area contributed by atoms with E-state index in [4.69, 9.17) is 5.11 Å². The standard InChI is InChI=1S/C21H27F4NO5S/c1-14-20(2,9-5-3-4-8-18(27)28)19-16(21(23,24)25)12-15(22)13-17(19)26(14)10-6-7-11-32(29,30)31/h12-13H,3-11H2,1-2H3,(H-,27,28,29,30,31). The highest BCUT2D eigenvalue weighted by atomic mass is 32.2. The molecule has 2 rings (SSSR count). The van der Waals surface area contributed by atoms with Gasteiger partial charge in [-0.25, -0.2) is 12.8 Å². The Balaban J connectivity index is 2.39. The van der Waals surface area contributed by atoms with Crippen LogP contribution >= 0.6 is 0 Å². The number of fused-ring (bicyclic) bond motifs is 1. The van der Waals surface area contributed by atoms with Gasteiger partial charge in [-0.15, -0.1) is 0 Å². The van der Waals surface area contributed by atoms with E-state index in [1.807, 2.05) is 0 Å². The minimum absolute atomic E-state index is 0.0241. The Morgan fingerprint density at radius 1 is 1.16 bits per heavy atom. The number of nitrogens with zero attached hydrogens (tertiary/aromatic N) is 1. The molecule has 0 saturated heterocycles. The van der Waals surface area contributed by atoms with Crippen LogP contribution in [0.5, 0.6) is 0 Å². The number of aliphatic carboxylic acids is 1. The van der Waals surface area contributed by atoms with Crippen molar-refractivity contribution in [3.63, 3.8) is 0 Å². The maximum absolute atomic E-state index is 14.2. The average molecular weight is 482 g/mol. The summed E-state index contributed by atoms with van der Waals surface area (Å²) in [6.07, 6.45) is -2.81. The number of rotatable bonds is 11. The third-order valence-corrected chi connectivity index (χ3v) is 6.82. The Hall–Kier alpha value is -2.01. The molecule has 0 fully saturated rings. The number of alkyl halides is 3. The highest BCUT2D eigenvalue weighted by Crippen LogP contribution is 2.49. The van der Waals surface area contributed by atoms with Gasteiger partial charge in [-0.3, -0.25) is 4.79 Å². The van der Waals surface area contributed by atoms with Gasteiger partial charge in [0.05, 0.1) is 26.7 Å². The first-order valence-electron chi connectivity index (χ1n) is 10.3. The number of benzene rings is 1. The predicted octanol–water partition coefficient (Wildman–Crippen LogP) is 4.58. The number of carbonyl (C=O) groups is 1. The van der Waals surface area contributed by atoms with Crippen LogP contribution in [0, 0.1) is 5.82 Å². The second-order valence-corrected chi connectivity index (χ2v) is 9.86. The third-order valence-electron chi connectivity index (χ3n) is 6.03. The van der Waals surface area contributed by atoms with Crippen LogP contribution in [0.25, 0.3) is 0 Å². The first-order valence-corrected chi connectivity index (χ1v) is 11.9. The molecule has 32 heavy (non-hydrogen) atoms. The number of carboxylic acid groups (broad SMARTS) is 1. The fraction of sp³-hybridized carbons (Fsp3) is 0.619. The van der Waals surface area contributed by atoms with Crippen molar-refractivity contribution in [2.75, 3.05) is 12.3 Å². The van der Waals surface area contributed by atoms with Gasteiger partial charge in [-0.2, -0.15) is 17.7 Å². The maximum atomic E-state index is 14.2. The molecule has 1 unspecified atom stereocenters. The lowest BCUT2D eigenvalue weighted by atomic mass is 9.74. The Morgan fingerprint density at radius 2 is 1.81 bits per heavy atom. The molecule has 0 aromatic heterocycles. The van der Waals surface area contributed by atoms with E-state index in [1.54, 1.807) is 18.4 Å². The quantitative estimate of drug-likeness (QED) is 0.216. The number of unbranched alkanes of at least 4 members (excludes halogenated alkanes) is 3. The fourth-order valence-electron chi connectivity index (χ4n) is 4.34. The van der Waals surface area contributed by atoms with Gasteiger partial charge in [-0.05, 0) is 32.3 Å². The van der Waals surface area contributed by atoms with E-state index in [1.165, 1.54) is 0 Å². The number of hydrogen-bond donors (Lipinski definition) is 1. The molecule has 0 amide bonds. The van der Waals surface area contributed by atoms with E-state index in [0.29, 0.717) is 37.5 Å². The van der Waals surface area contributed by atoms with Gasteiger partial charge in [-0.1, -0.05) is 12.8 Å².